The van der Waals surface area contributed by atoms with E-state index in [0.717, 1.165) is 24.3 Å². The van der Waals surface area contributed by atoms with Crippen LogP contribution in [-0.4, -0.2) is 68.8 Å². The maximum Gasteiger partial charge on any atom is 2.00 e. The zero-order chi connectivity index (χ0) is 14.4. The van der Waals surface area contributed by atoms with Crippen molar-refractivity contribution in [1.29, 1.82) is 0 Å². The van der Waals surface area contributed by atoms with Gasteiger partial charge in [0.25, 0.3) is 0 Å². The van der Waals surface area contributed by atoms with Gasteiger partial charge in [0.05, 0.1) is 9.79 Å². The van der Waals surface area contributed by atoms with Crippen molar-refractivity contribution in [2.24, 2.45) is 0 Å². The van der Waals surface area contributed by atoms with Crippen LogP contribution in [0.4, 0.5) is 0 Å². The second kappa shape index (κ2) is 5.76. The molecule has 0 amide bonds. The van der Waals surface area contributed by atoms with Gasteiger partial charge < -0.3 is 14.2 Å². The zero-order valence-corrected chi connectivity index (χ0v) is 13.6. The number of phenols is 1. The Hall–Kier alpha value is -0.420. The van der Waals surface area contributed by atoms with Crippen LogP contribution in [-0.2, 0) is 20.2 Å². The summed E-state index contributed by atoms with van der Waals surface area (Å²) in [5.74, 6) is -0.736. The quantitative estimate of drug-likeness (QED) is 0.598. The second-order valence-electron chi connectivity index (χ2n) is 3.74. The maximum atomic E-state index is 10.9. The first kappa shape index (κ1) is 17.6. The van der Waals surface area contributed by atoms with Crippen LogP contribution >= 0.6 is 0 Å². The fourth-order valence-corrected chi connectivity index (χ4v) is 2.69. The molecule has 0 aliphatic carbocycles. The standard InChI is InChI=1S/C10H8O7S2.Ca/c11-9-4-6-1-2-8(18(12,13)14)3-7(6)5-10(9)19(15,16)17;/h1-5,11H,(H,12,13,14)(H,15,16,17);/q;+2/p-2. The summed E-state index contributed by atoms with van der Waals surface area (Å²) in [5, 5.41) is 9.75. The molecular formula is C10H6CaO7S2. The van der Waals surface area contributed by atoms with Gasteiger partial charge in [0, 0.05) is 0 Å². The number of aromatic hydroxyl groups is 1. The first-order chi connectivity index (χ1) is 8.59. The molecule has 0 bridgehead atoms. The Kier molecular flexibility index (Phi) is 5.08. The third-order valence-corrected chi connectivity index (χ3v) is 4.14. The molecule has 0 radical (unpaired) electrons. The second-order valence-corrected chi connectivity index (χ2v) is 6.46. The SMILES string of the molecule is O=S(=O)([O-])c1ccc2cc(O)c(S(=O)(=O)[O-])cc2c1.[Ca+2]. The van der Waals surface area contributed by atoms with Gasteiger partial charge in [-0.3, -0.25) is 0 Å². The normalized spacial score (nSPS) is 12.1. The van der Waals surface area contributed by atoms with Crippen LogP contribution in [0.25, 0.3) is 10.8 Å². The Labute approximate surface area is 144 Å². The van der Waals surface area contributed by atoms with E-state index in [-0.39, 0.29) is 48.5 Å². The van der Waals surface area contributed by atoms with Gasteiger partial charge in [0.15, 0.2) is 0 Å². The third kappa shape index (κ3) is 3.61. The average Bonchev–Trinajstić information content (AvgIpc) is 2.24. The van der Waals surface area contributed by atoms with Gasteiger partial charge in [-0.15, -0.1) is 0 Å². The summed E-state index contributed by atoms with van der Waals surface area (Å²) in [6, 6.07) is 5.01. The van der Waals surface area contributed by atoms with Crippen molar-refractivity contribution in [2.45, 2.75) is 9.79 Å². The van der Waals surface area contributed by atoms with Crippen molar-refractivity contribution in [3.8, 4) is 5.75 Å². The van der Waals surface area contributed by atoms with Crippen molar-refractivity contribution in [2.75, 3.05) is 0 Å². The number of phenolic OH excluding ortho intramolecular Hbond substituents is 1. The van der Waals surface area contributed by atoms with Crippen LogP contribution in [0.2, 0.25) is 0 Å². The molecule has 2 rings (SSSR count). The van der Waals surface area contributed by atoms with E-state index in [9.17, 15) is 31.0 Å². The summed E-state index contributed by atoms with van der Waals surface area (Å²) in [6.07, 6.45) is 0. The van der Waals surface area contributed by atoms with Gasteiger partial charge >= 0.3 is 37.7 Å². The van der Waals surface area contributed by atoms with Crippen LogP contribution in [0.15, 0.2) is 40.1 Å². The van der Waals surface area contributed by atoms with E-state index in [0.29, 0.717) is 0 Å². The van der Waals surface area contributed by atoms with Gasteiger partial charge in [0.2, 0.25) is 0 Å². The number of fused-ring (bicyclic) bond motifs is 1. The van der Waals surface area contributed by atoms with E-state index in [2.05, 4.69) is 0 Å². The van der Waals surface area contributed by atoms with E-state index < -0.39 is 35.8 Å². The van der Waals surface area contributed by atoms with Crippen molar-refractivity contribution in [3.05, 3.63) is 30.3 Å². The van der Waals surface area contributed by atoms with Crippen LogP contribution in [0, 0.1) is 0 Å². The van der Waals surface area contributed by atoms with Gasteiger partial charge in [-0.2, -0.15) is 0 Å². The number of hydrogen-bond acceptors (Lipinski definition) is 7. The molecule has 20 heavy (non-hydrogen) atoms. The van der Waals surface area contributed by atoms with Gasteiger partial charge in [0.1, 0.15) is 26.0 Å². The molecular weight excluding hydrogens is 336 g/mol. The molecule has 2 aromatic carbocycles. The van der Waals surface area contributed by atoms with Gasteiger partial charge in [-0.1, -0.05) is 6.07 Å². The number of benzene rings is 2. The smallest absolute Gasteiger partial charge is 0.744 e. The number of hydrogen-bond donors (Lipinski definition) is 1. The molecule has 0 unspecified atom stereocenters. The predicted octanol–water partition coefficient (Wildman–Crippen LogP) is -0.0272. The van der Waals surface area contributed by atoms with Crippen LogP contribution in [0.1, 0.15) is 0 Å². The Morgan fingerprint density at radius 2 is 1.45 bits per heavy atom. The molecule has 0 aliphatic rings. The first-order valence-corrected chi connectivity index (χ1v) is 7.59. The fraction of sp³-hybridized carbons (Fsp3) is 0. The largest absolute Gasteiger partial charge is 2.00 e. The molecule has 10 heteroatoms. The maximum absolute atomic E-state index is 10.9. The molecule has 2 aromatic rings. The zero-order valence-electron chi connectivity index (χ0n) is 9.81. The van der Waals surface area contributed by atoms with Crippen molar-refractivity contribution in [3.63, 3.8) is 0 Å². The third-order valence-electron chi connectivity index (χ3n) is 2.45. The van der Waals surface area contributed by atoms with Gasteiger partial charge in [-0.05, 0) is 35.0 Å². The van der Waals surface area contributed by atoms with Gasteiger partial charge in [-0.25, -0.2) is 16.8 Å². The molecule has 0 spiro atoms. The molecule has 1 N–H and O–H groups in total. The molecule has 0 atom stereocenters. The molecule has 0 saturated heterocycles. The fourth-order valence-electron chi connectivity index (χ4n) is 1.60. The van der Waals surface area contributed by atoms with Crippen LogP contribution in [0.5, 0.6) is 5.75 Å². The predicted molar refractivity (Wildman–Crippen MR) is 67.3 cm³/mol. The first-order valence-electron chi connectivity index (χ1n) is 4.77. The molecule has 0 aromatic heterocycles. The minimum Gasteiger partial charge on any atom is -0.744 e. The molecule has 0 fully saturated rings. The molecule has 0 saturated carbocycles. The van der Waals surface area contributed by atoms with Crippen LogP contribution in [0.3, 0.4) is 0 Å². The molecule has 7 nitrogen and oxygen atoms in total. The van der Waals surface area contributed by atoms with E-state index in [1.807, 2.05) is 0 Å². The summed E-state index contributed by atoms with van der Waals surface area (Å²) in [5.41, 5.74) is 0. The van der Waals surface area contributed by atoms with E-state index >= 15 is 0 Å². The van der Waals surface area contributed by atoms with Crippen molar-refractivity contribution in [1.82, 2.24) is 0 Å². The minimum atomic E-state index is -4.90. The summed E-state index contributed by atoms with van der Waals surface area (Å²) in [4.78, 5) is -1.43. The number of rotatable bonds is 2. The Balaban J connectivity index is 0.00000200. The molecule has 0 aliphatic heterocycles. The van der Waals surface area contributed by atoms with Crippen LogP contribution < -0.4 is 0 Å². The van der Waals surface area contributed by atoms with E-state index in [1.165, 1.54) is 6.07 Å². The Morgan fingerprint density at radius 1 is 0.850 bits per heavy atom. The Morgan fingerprint density at radius 3 is 1.95 bits per heavy atom. The summed E-state index contributed by atoms with van der Waals surface area (Å²) in [7, 11) is -9.59. The van der Waals surface area contributed by atoms with E-state index in [1.54, 1.807) is 0 Å². The summed E-state index contributed by atoms with van der Waals surface area (Å²) >= 11 is 0. The molecule has 102 valence electrons. The van der Waals surface area contributed by atoms with Crippen molar-refractivity contribution < 1.29 is 31.0 Å². The average molecular weight is 342 g/mol. The Bertz CT molecular complexity index is 872. The summed E-state index contributed by atoms with van der Waals surface area (Å²) < 4.78 is 65.2. The van der Waals surface area contributed by atoms with E-state index in [4.69, 9.17) is 0 Å². The van der Waals surface area contributed by atoms with Crippen molar-refractivity contribution >= 4 is 68.7 Å². The summed E-state index contributed by atoms with van der Waals surface area (Å²) in [6.45, 7) is 0. The minimum absolute atomic E-state index is 0. The molecule has 0 heterocycles. The topological polar surface area (TPSA) is 135 Å². The monoisotopic (exact) mass is 342 g/mol.